The van der Waals surface area contributed by atoms with Gasteiger partial charge in [-0.15, -0.1) is 0 Å². The maximum Gasteiger partial charge on any atom is 0.253 e. The van der Waals surface area contributed by atoms with E-state index in [1.54, 1.807) is 39.9 Å². The van der Waals surface area contributed by atoms with E-state index >= 15 is 0 Å². The fraction of sp³-hybridized carbons (Fsp3) is 0.417. The number of carbonyl (C=O) groups excluding carboxylic acids is 1. The predicted octanol–water partition coefficient (Wildman–Crippen LogP) is 4.40. The molecule has 2 aromatic carbocycles. The molecule has 0 N–H and O–H groups in total. The first-order chi connectivity index (χ1) is 16.3. The van der Waals surface area contributed by atoms with E-state index < -0.39 is 10.0 Å². The Hall–Kier alpha value is -2.20. The molecule has 7 nitrogen and oxygen atoms in total. The zero-order valence-corrected chi connectivity index (χ0v) is 21.4. The van der Waals surface area contributed by atoms with Crippen molar-refractivity contribution in [2.75, 3.05) is 44.2 Å². The minimum atomic E-state index is -3.50. The summed E-state index contributed by atoms with van der Waals surface area (Å²) in [6.45, 7) is 5.68. The Morgan fingerprint density at radius 3 is 2.26 bits per heavy atom. The molecule has 3 heterocycles. The Bertz CT molecular complexity index is 1270. The van der Waals surface area contributed by atoms with Crippen molar-refractivity contribution < 1.29 is 13.2 Å². The lowest BCUT2D eigenvalue weighted by Gasteiger charge is -2.34. The number of carbonyl (C=O) groups is 1. The Balaban J connectivity index is 1.24. The van der Waals surface area contributed by atoms with Crippen LogP contribution in [0.5, 0.6) is 0 Å². The number of fused-ring (bicyclic) bond motifs is 1. The lowest BCUT2D eigenvalue weighted by atomic mass is 10.2. The highest BCUT2D eigenvalue weighted by Crippen LogP contribution is 2.36. The normalized spacial score (nSPS) is 17.9. The lowest BCUT2D eigenvalue weighted by Crippen LogP contribution is -2.48. The summed E-state index contributed by atoms with van der Waals surface area (Å²) >= 11 is 7.94. The number of aromatic nitrogens is 1. The van der Waals surface area contributed by atoms with Gasteiger partial charge in [0, 0.05) is 44.8 Å². The third-order valence-corrected chi connectivity index (χ3v) is 10.1. The van der Waals surface area contributed by atoms with Crippen molar-refractivity contribution in [3.63, 3.8) is 0 Å². The highest BCUT2D eigenvalue weighted by Gasteiger charge is 2.27. The van der Waals surface area contributed by atoms with E-state index in [2.05, 4.69) is 4.90 Å². The molecule has 3 aromatic rings. The second-order valence-corrected chi connectivity index (χ2v) is 12.1. The standard InChI is InChI=1S/C24H27ClN4O3S2/c1-17-5-10-20(25)22-21(17)26-24(33-22)28-15-13-27(14-16-28)23(30)18-6-8-19(9-7-18)34(31,32)29-11-3-2-4-12-29/h5-10H,2-4,11-16H2,1H3. The van der Waals surface area contributed by atoms with E-state index in [0.29, 0.717) is 49.9 Å². The number of aryl methyl sites for hydroxylation is 1. The van der Waals surface area contributed by atoms with Crippen molar-refractivity contribution >= 4 is 54.2 Å². The summed E-state index contributed by atoms with van der Waals surface area (Å²) in [6, 6.07) is 10.3. The third kappa shape index (κ3) is 4.42. The highest BCUT2D eigenvalue weighted by molar-refractivity contribution is 7.89. The number of hydrogen-bond donors (Lipinski definition) is 0. The second kappa shape index (κ2) is 9.45. The minimum Gasteiger partial charge on any atom is -0.345 e. The van der Waals surface area contributed by atoms with Gasteiger partial charge in [-0.3, -0.25) is 4.79 Å². The van der Waals surface area contributed by atoms with Crippen LogP contribution in [-0.4, -0.2) is 67.8 Å². The summed E-state index contributed by atoms with van der Waals surface area (Å²) < 4.78 is 28.3. The number of piperazine rings is 1. The van der Waals surface area contributed by atoms with Crippen molar-refractivity contribution in [1.82, 2.24) is 14.2 Å². The van der Waals surface area contributed by atoms with E-state index in [1.807, 2.05) is 24.0 Å². The van der Waals surface area contributed by atoms with Crippen LogP contribution in [0.1, 0.15) is 35.2 Å². The van der Waals surface area contributed by atoms with Crippen LogP contribution in [0.4, 0.5) is 5.13 Å². The zero-order valence-electron chi connectivity index (χ0n) is 19.0. The fourth-order valence-electron chi connectivity index (χ4n) is 4.53. The molecule has 1 aromatic heterocycles. The van der Waals surface area contributed by atoms with Crippen LogP contribution in [-0.2, 0) is 10.0 Å². The van der Waals surface area contributed by atoms with Crippen LogP contribution >= 0.6 is 22.9 Å². The maximum atomic E-state index is 13.1. The minimum absolute atomic E-state index is 0.0789. The number of benzene rings is 2. The number of thiazole rings is 1. The number of anilines is 1. The Labute approximate surface area is 209 Å². The van der Waals surface area contributed by atoms with Gasteiger partial charge in [0.25, 0.3) is 5.91 Å². The molecule has 2 aliphatic rings. The molecular formula is C24H27ClN4O3S2. The summed E-state index contributed by atoms with van der Waals surface area (Å²) in [5.74, 6) is -0.0789. The molecule has 34 heavy (non-hydrogen) atoms. The van der Waals surface area contributed by atoms with Crippen molar-refractivity contribution in [3.05, 3.63) is 52.5 Å². The van der Waals surface area contributed by atoms with Gasteiger partial charge in [-0.1, -0.05) is 35.4 Å². The fourth-order valence-corrected chi connectivity index (χ4v) is 7.42. The molecule has 1 amide bonds. The van der Waals surface area contributed by atoms with Crippen LogP contribution in [0.25, 0.3) is 10.2 Å². The van der Waals surface area contributed by atoms with Gasteiger partial charge in [-0.2, -0.15) is 4.31 Å². The van der Waals surface area contributed by atoms with Gasteiger partial charge in [-0.05, 0) is 55.7 Å². The molecule has 0 atom stereocenters. The van der Waals surface area contributed by atoms with Crippen LogP contribution in [0.2, 0.25) is 5.02 Å². The molecule has 0 radical (unpaired) electrons. The molecule has 5 rings (SSSR count). The SMILES string of the molecule is Cc1ccc(Cl)c2sc(N3CCN(C(=O)c4ccc(S(=O)(=O)N5CCCCC5)cc4)CC3)nc12. The van der Waals surface area contributed by atoms with Gasteiger partial charge < -0.3 is 9.80 Å². The van der Waals surface area contributed by atoms with E-state index in [4.69, 9.17) is 16.6 Å². The van der Waals surface area contributed by atoms with Gasteiger partial charge in [0.15, 0.2) is 5.13 Å². The van der Waals surface area contributed by atoms with Crippen molar-refractivity contribution in [2.24, 2.45) is 0 Å². The van der Waals surface area contributed by atoms with Crippen LogP contribution in [0, 0.1) is 6.92 Å². The molecule has 2 aliphatic heterocycles. The molecule has 0 aliphatic carbocycles. The number of halogens is 1. The van der Waals surface area contributed by atoms with Gasteiger partial charge >= 0.3 is 0 Å². The molecular weight excluding hydrogens is 492 g/mol. The molecule has 0 saturated carbocycles. The largest absolute Gasteiger partial charge is 0.345 e. The summed E-state index contributed by atoms with van der Waals surface area (Å²) in [5.41, 5.74) is 2.54. The molecule has 10 heteroatoms. The van der Waals surface area contributed by atoms with E-state index in [-0.39, 0.29) is 10.8 Å². The number of amides is 1. The highest BCUT2D eigenvalue weighted by atomic mass is 35.5. The molecule has 2 saturated heterocycles. The van der Waals surface area contributed by atoms with Crippen LogP contribution in [0.15, 0.2) is 41.3 Å². The first kappa shape index (κ1) is 23.5. The average Bonchev–Trinajstić information content (AvgIpc) is 3.34. The monoisotopic (exact) mass is 518 g/mol. The van der Waals surface area contributed by atoms with Crippen molar-refractivity contribution in [3.8, 4) is 0 Å². The average molecular weight is 519 g/mol. The quantitative estimate of drug-likeness (QED) is 0.512. The van der Waals surface area contributed by atoms with Crippen molar-refractivity contribution in [2.45, 2.75) is 31.1 Å². The van der Waals surface area contributed by atoms with E-state index in [1.165, 1.54) is 0 Å². The number of rotatable bonds is 4. The smallest absolute Gasteiger partial charge is 0.253 e. The summed E-state index contributed by atoms with van der Waals surface area (Å²) in [4.78, 5) is 22.1. The molecule has 180 valence electrons. The second-order valence-electron chi connectivity index (χ2n) is 8.81. The van der Waals surface area contributed by atoms with Gasteiger partial charge in [0.05, 0.1) is 20.1 Å². The Morgan fingerprint density at radius 2 is 1.62 bits per heavy atom. The van der Waals surface area contributed by atoms with Gasteiger partial charge in [-0.25, -0.2) is 13.4 Å². The molecule has 0 spiro atoms. The number of hydrogen-bond acceptors (Lipinski definition) is 6. The topological polar surface area (TPSA) is 73.8 Å². The number of piperidine rings is 1. The van der Waals surface area contributed by atoms with Crippen molar-refractivity contribution in [1.29, 1.82) is 0 Å². The molecule has 0 unspecified atom stereocenters. The summed E-state index contributed by atoms with van der Waals surface area (Å²) in [6.07, 6.45) is 2.86. The maximum absolute atomic E-state index is 13.1. The summed E-state index contributed by atoms with van der Waals surface area (Å²) in [7, 11) is -3.50. The van der Waals surface area contributed by atoms with E-state index in [9.17, 15) is 13.2 Å². The number of sulfonamides is 1. The lowest BCUT2D eigenvalue weighted by molar-refractivity contribution is 0.0746. The van der Waals surface area contributed by atoms with Crippen LogP contribution < -0.4 is 4.90 Å². The Kier molecular flexibility index (Phi) is 6.54. The number of nitrogens with zero attached hydrogens (tertiary/aromatic N) is 4. The first-order valence-electron chi connectivity index (χ1n) is 11.5. The molecule has 0 bridgehead atoms. The van der Waals surface area contributed by atoms with Crippen LogP contribution in [0.3, 0.4) is 0 Å². The zero-order chi connectivity index (χ0) is 23.9. The molecule has 2 fully saturated rings. The Morgan fingerprint density at radius 1 is 0.941 bits per heavy atom. The third-order valence-electron chi connectivity index (χ3n) is 6.58. The van der Waals surface area contributed by atoms with Gasteiger partial charge in [0.1, 0.15) is 0 Å². The predicted molar refractivity (Wildman–Crippen MR) is 137 cm³/mol. The first-order valence-corrected chi connectivity index (χ1v) is 14.2. The summed E-state index contributed by atoms with van der Waals surface area (Å²) in [5, 5.41) is 1.63. The van der Waals surface area contributed by atoms with E-state index in [0.717, 1.165) is 40.2 Å². The van der Waals surface area contributed by atoms with Gasteiger partial charge in [0.2, 0.25) is 10.0 Å².